The Morgan fingerprint density at radius 2 is 1.68 bits per heavy atom. The summed E-state index contributed by atoms with van der Waals surface area (Å²) in [5, 5.41) is 3.54. The number of rotatable bonds is 7. The first-order valence-electron chi connectivity index (χ1n) is 11.5. The minimum absolute atomic E-state index is 0.236. The van der Waals surface area contributed by atoms with Gasteiger partial charge in [0.2, 0.25) is 11.8 Å². The molecule has 4 rings (SSSR count). The third-order valence-corrected chi connectivity index (χ3v) is 6.00. The molecule has 34 heavy (non-hydrogen) atoms. The van der Waals surface area contributed by atoms with E-state index in [2.05, 4.69) is 10.2 Å². The van der Waals surface area contributed by atoms with E-state index in [1.54, 1.807) is 6.08 Å². The van der Waals surface area contributed by atoms with Crippen molar-refractivity contribution in [2.24, 2.45) is 0 Å². The molecule has 2 heterocycles. The molecule has 1 saturated heterocycles. The van der Waals surface area contributed by atoms with Gasteiger partial charge in [0.25, 0.3) is 0 Å². The number of hydrogen-bond acceptors (Lipinski definition) is 4. The first kappa shape index (κ1) is 23.6. The average Bonchev–Trinajstić information content (AvgIpc) is 3.33. The number of benzene rings is 2. The molecule has 0 radical (unpaired) electrons. The maximum absolute atomic E-state index is 12.3. The van der Waals surface area contributed by atoms with E-state index in [9.17, 15) is 9.59 Å². The van der Waals surface area contributed by atoms with Crippen molar-refractivity contribution < 1.29 is 14.0 Å². The van der Waals surface area contributed by atoms with Gasteiger partial charge in [0.1, 0.15) is 11.5 Å². The molecule has 176 valence electrons. The summed E-state index contributed by atoms with van der Waals surface area (Å²) in [6.07, 6.45) is 4.59. The largest absolute Gasteiger partial charge is 0.457 e. The predicted octanol–water partition coefficient (Wildman–Crippen LogP) is 5.70. The van der Waals surface area contributed by atoms with Crippen LogP contribution in [0.15, 0.2) is 71.2 Å². The predicted molar refractivity (Wildman–Crippen MR) is 137 cm³/mol. The molecule has 7 heteroatoms. The van der Waals surface area contributed by atoms with Crippen LogP contribution in [0.1, 0.15) is 25.5 Å². The molecule has 3 aromatic rings. The van der Waals surface area contributed by atoms with E-state index in [-0.39, 0.29) is 11.8 Å². The summed E-state index contributed by atoms with van der Waals surface area (Å²) in [7, 11) is 0. The van der Waals surface area contributed by atoms with Gasteiger partial charge >= 0.3 is 0 Å². The van der Waals surface area contributed by atoms with E-state index < -0.39 is 0 Å². The molecular weight excluding hydrogens is 450 g/mol. The number of carbonyl (C=O) groups excluding carboxylic acids is 2. The summed E-state index contributed by atoms with van der Waals surface area (Å²) in [5.74, 6) is 1.30. The molecule has 2 amide bonds. The lowest BCUT2D eigenvalue weighted by Crippen LogP contribution is -2.48. The minimum Gasteiger partial charge on any atom is -0.457 e. The molecule has 0 bridgehead atoms. The van der Waals surface area contributed by atoms with Crippen molar-refractivity contribution in [1.29, 1.82) is 0 Å². The Bertz CT molecular complexity index is 1140. The zero-order valence-corrected chi connectivity index (χ0v) is 19.9. The maximum Gasteiger partial charge on any atom is 0.248 e. The highest BCUT2D eigenvalue weighted by molar-refractivity contribution is 6.30. The van der Waals surface area contributed by atoms with Crippen LogP contribution < -0.4 is 10.2 Å². The van der Waals surface area contributed by atoms with Crippen molar-refractivity contribution in [3.8, 4) is 11.3 Å². The number of nitrogens with zero attached hydrogens (tertiary/aromatic N) is 2. The van der Waals surface area contributed by atoms with Gasteiger partial charge in [-0.25, -0.2) is 0 Å². The fraction of sp³-hybridized carbons (Fsp3) is 0.259. The van der Waals surface area contributed by atoms with Gasteiger partial charge in [0, 0.05) is 60.6 Å². The lowest BCUT2D eigenvalue weighted by molar-refractivity contribution is -0.131. The van der Waals surface area contributed by atoms with Crippen LogP contribution in [0.25, 0.3) is 17.4 Å². The Kier molecular flexibility index (Phi) is 7.70. The van der Waals surface area contributed by atoms with Crippen LogP contribution in [-0.2, 0) is 9.59 Å². The van der Waals surface area contributed by atoms with Crippen LogP contribution in [-0.4, -0.2) is 42.9 Å². The summed E-state index contributed by atoms with van der Waals surface area (Å²) < 4.78 is 5.79. The van der Waals surface area contributed by atoms with Crippen molar-refractivity contribution >= 4 is 40.9 Å². The number of carbonyl (C=O) groups is 2. The van der Waals surface area contributed by atoms with Gasteiger partial charge in [-0.05, 0) is 73.2 Å². The second kappa shape index (κ2) is 11.1. The molecule has 2 aromatic carbocycles. The Morgan fingerprint density at radius 1 is 0.971 bits per heavy atom. The van der Waals surface area contributed by atoms with E-state index in [0.29, 0.717) is 23.0 Å². The summed E-state index contributed by atoms with van der Waals surface area (Å²) in [5.41, 5.74) is 2.72. The maximum atomic E-state index is 12.3. The molecule has 1 fully saturated rings. The summed E-state index contributed by atoms with van der Waals surface area (Å²) in [4.78, 5) is 28.6. The first-order chi connectivity index (χ1) is 16.5. The van der Waals surface area contributed by atoms with E-state index >= 15 is 0 Å². The van der Waals surface area contributed by atoms with Gasteiger partial charge < -0.3 is 19.5 Å². The number of amides is 2. The van der Waals surface area contributed by atoms with Gasteiger partial charge in [-0.1, -0.05) is 18.5 Å². The Morgan fingerprint density at radius 3 is 2.35 bits per heavy atom. The number of hydrogen-bond donors (Lipinski definition) is 1. The number of anilines is 2. The lowest BCUT2D eigenvalue weighted by atomic mass is 10.2. The number of piperazine rings is 1. The molecular formula is C27H28ClN3O3. The van der Waals surface area contributed by atoms with Crippen LogP contribution in [0.5, 0.6) is 0 Å². The molecule has 0 atom stereocenters. The minimum atomic E-state index is -0.236. The zero-order valence-electron chi connectivity index (χ0n) is 19.2. The summed E-state index contributed by atoms with van der Waals surface area (Å²) >= 11 is 5.93. The average molecular weight is 478 g/mol. The molecule has 0 saturated carbocycles. The second-order valence-electron chi connectivity index (χ2n) is 8.20. The summed E-state index contributed by atoms with van der Waals surface area (Å²) in [6, 6.07) is 18.8. The molecule has 1 N–H and O–H groups in total. The van der Waals surface area contributed by atoms with Crippen molar-refractivity contribution in [3.05, 3.63) is 77.5 Å². The third-order valence-electron chi connectivity index (χ3n) is 5.75. The normalized spacial score (nSPS) is 13.9. The monoisotopic (exact) mass is 477 g/mol. The highest BCUT2D eigenvalue weighted by atomic mass is 35.5. The molecule has 1 aromatic heterocycles. The number of nitrogens with one attached hydrogen (secondary N) is 1. The topological polar surface area (TPSA) is 65.8 Å². The molecule has 0 spiro atoms. The van der Waals surface area contributed by atoms with Crippen LogP contribution in [0.3, 0.4) is 0 Å². The van der Waals surface area contributed by atoms with Crippen molar-refractivity contribution in [2.75, 3.05) is 36.4 Å². The van der Waals surface area contributed by atoms with Gasteiger partial charge in [-0.15, -0.1) is 0 Å². The first-order valence-corrected chi connectivity index (χ1v) is 11.9. The summed E-state index contributed by atoms with van der Waals surface area (Å²) in [6.45, 7) is 5.14. The molecule has 1 aliphatic rings. The van der Waals surface area contributed by atoms with E-state index in [1.165, 1.54) is 6.08 Å². The van der Waals surface area contributed by atoms with Gasteiger partial charge in [0.05, 0.1) is 0 Å². The highest BCUT2D eigenvalue weighted by Crippen LogP contribution is 2.24. The van der Waals surface area contributed by atoms with Crippen LogP contribution in [0.2, 0.25) is 5.02 Å². The lowest BCUT2D eigenvalue weighted by Gasteiger charge is -2.36. The SMILES string of the molecule is CCCC(=O)N1CCN(c2ccc(NC(=O)C=Cc3ccc(-c4ccc(Cl)cc4)o3)cc2)CC1. The Balaban J connectivity index is 1.28. The van der Waals surface area contributed by atoms with Crippen molar-refractivity contribution in [1.82, 2.24) is 4.90 Å². The van der Waals surface area contributed by atoms with Crippen LogP contribution in [0, 0.1) is 0 Å². The van der Waals surface area contributed by atoms with E-state index in [1.807, 2.05) is 72.5 Å². The Hall–Kier alpha value is -3.51. The van der Waals surface area contributed by atoms with E-state index in [0.717, 1.165) is 49.5 Å². The van der Waals surface area contributed by atoms with E-state index in [4.69, 9.17) is 16.0 Å². The molecule has 0 unspecified atom stereocenters. The number of furan rings is 1. The van der Waals surface area contributed by atoms with Gasteiger partial charge in [-0.2, -0.15) is 0 Å². The van der Waals surface area contributed by atoms with Gasteiger partial charge in [-0.3, -0.25) is 9.59 Å². The zero-order chi connectivity index (χ0) is 23.9. The third kappa shape index (κ3) is 6.08. The standard InChI is InChI=1S/C27H28ClN3O3/c1-2-3-27(33)31-18-16-30(17-19-31)23-10-8-22(9-11-23)29-26(32)15-13-24-12-14-25(34-24)20-4-6-21(28)7-5-20/h4-15H,2-3,16-19H2,1H3,(H,29,32). The van der Waals surface area contributed by atoms with Crippen molar-refractivity contribution in [2.45, 2.75) is 19.8 Å². The number of halogens is 1. The van der Waals surface area contributed by atoms with Crippen LogP contribution in [0.4, 0.5) is 11.4 Å². The molecule has 0 aliphatic carbocycles. The fourth-order valence-corrected chi connectivity index (χ4v) is 4.02. The van der Waals surface area contributed by atoms with Crippen LogP contribution >= 0.6 is 11.6 Å². The van der Waals surface area contributed by atoms with Gasteiger partial charge in [0.15, 0.2) is 0 Å². The quantitative estimate of drug-likeness (QED) is 0.443. The second-order valence-corrected chi connectivity index (χ2v) is 8.63. The molecule has 1 aliphatic heterocycles. The highest BCUT2D eigenvalue weighted by Gasteiger charge is 2.20. The van der Waals surface area contributed by atoms with Crippen molar-refractivity contribution in [3.63, 3.8) is 0 Å². The smallest absolute Gasteiger partial charge is 0.248 e. The Labute approximate surface area is 204 Å². The molecule has 6 nitrogen and oxygen atoms in total. The fourth-order valence-electron chi connectivity index (χ4n) is 3.90.